The Morgan fingerprint density at radius 3 is 2.80 bits per heavy atom. The van der Waals surface area contributed by atoms with E-state index in [0.717, 1.165) is 13.1 Å². The van der Waals surface area contributed by atoms with Gasteiger partial charge in [-0.15, -0.1) is 0 Å². The summed E-state index contributed by atoms with van der Waals surface area (Å²) < 4.78 is 0. The lowest BCUT2D eigenvalue weighted by Crippen LogP contribution is -2.24. The van der Waals surface area contributed by atoms with Crippen LogP contribution in [0.15, 0.2) is 0 Å². The molecule has 3 heteroatoms. The first-order valence-corrected chi connectivity index (χ1v) is 3.66. The maximum absolute atomic E-state index is 11.0. The lowest BCUT2D eigenvalue weighted by molar-refractivity contribution is -0.127. The van der Waals surface area contributed by atoms with E-state index in [1.165, 1.54) is 0 Å². The van der Waals surface area contributed by atoms with Crippen LogP contribution in [0.3, 0.4) is 0 Å². The van der Waals surface area contributed by atoms with Gasteiger partial charge in [-0.25, -0.2) is 0 Å². The Balaban J connectivity index is 2.44. The minimum Gasteiger partial charge on any atom is -0.396 e. The smallest absolute Gasteiger partial charge is 0.223 e. The first-order valence-electron chi connectivity index (χ1n) is 3.66. The molecule has 1 rings (SSSR count). The Kier molecular flexibility index (Phi) is 2.27. The Hall–Kier alpha value is -0.570. The topological polar surface area (TPSA) is 40.5 Å². The predicted molar refractivity (Wildman–Crippen MR) is 37.4 cm³/mol. The van der Waals surface area contributed by atoms with Gasteiger partial charge in [0.25, 0.3) is 0 Å². The number of nitrogens with zero attached hydrogens (tertiary/aromatic N) is 1. The van der Waals surface area contributed by atoms with Crippen LogP contribution in [-0.2, 0) is 4.79 Å². The van der Waals surface area contributed by atoms with Gasteiger partial charge in [0.05, 0.1) is 0 Å². The summed E-state index contributed by atoms with van der Waals surface area (Å²) in [6.07, 6.45) is 0.532. The number of hydrogen-bond acceptors (Lipinski definition) is 2. The first-order chi connectivity index (χ1) is 4.77. The molecule has 1 aliphatic rings. The van der Waals surface area contributed by atoms with Gasteiger partial charge in [0.15, 0.2) is 0 Å². The molecule has 10 heavy (non-hydrogen) atoms. The molecule has 1 heterocycles. The van der Waals surface area contributed by atoms with Gasteiger partial charge in [0.1, 0.15) is 0 Å². The fourth-order valence-corrected chi connectivity index (χ4v) is 1.28. The van der Waals surface area contributed by atoms with Crippen LogP contribution in [0.5, 0.6) is 0 Å². The van der Waals surface area contributed by atoms with Gasteiger partial charge < -0.3 is 10.0 Å². The highest BCUT2D eigenvalue weighted by Crippen LogP contribution is 2.15. The van der Waals surface area contributed by atoms with Gasteiger partial charge in [-0.3, -0.25) is 4.79 Å². The highest BCUT2D eigenvalue weighted by molar-refractivity contribution is 5.78. The van der Waals surface area contributed by atoms with E-state index in [1.54, 1.807) is 4.90 Å². The second-order valence-corrected chi connectivity index (χ2v) is 2.69. The molecule has 0 aromatic heterocycles. The normalized spacial score (nSPS) is 26.0. The summed E-state index contributed by atoms with van der Waals surface area (Å²) in [5.41, 5.74) is 0. The molecule has 0 aromatic carbocycles. The van der Waals surface area contributed by atoms with E-state index in [-0.39, 0.29) is 18.4 Å². The highest BCUT2D eigenvalue weighted by Gasteiger charge is 2.27. The molecule has 1 amide bonds. The van der Waals surface area contributed by atoms with Gasteiger partial charge in [0, 0.05) is 32.0 Å². The summed E-state index contributed by atoms with van der Waals surface area (Å²) in [5.74, 6) is 0.369. The van der Waals surface area contributed by atoms with Gasteiger partial charge >= 0.3 is 0 Å². The van der Waals surface area contributed by atoms with E-state index in [1.807, 2.05) is 6.92 Å². The molecular formula is C7H13NO2. The Morgan fingerprint density at radius 1 is 1.80 bits per heavy atom. The van der Waals surface area contributed by atoms with Gasteiger partial charge in [0.2, 0.25) is 5.91 Å². The number of carbonyl (C=O) groups is 1. The lowest BCUT2D eigenvalue weighted by atomic mass is 10.1. The van der Waals surface area contributed by atoms with Crippen molar-refractivity contribution in [2.45, 2.75) is 13.3 Å². The Labute approximate surface area is 60.6 Å². The molecule has 1 N–H and O–H groups in total. The van der Waals surface area contributed by atoms with Crippen molar-refractivity contribution in [1.29, 1.82) is 0 Å². The van der Waals surface area contributed by atoms with E-state index in [0.29, 0.717) is 6.42 Å². The van der Waals surface area contributed by atoms with Crippen LogP contribution in [0.1, 0.15) is 13.3 Å². The third-order valence-electron chi connectivity index (χ3n) is 1.93. The summed E-state index contributed by atoms with van der Waals surface area (Å²) in [6.45, 7) is 3.61. The second-order valence-electron chi connectivity index (χ2n) is 2.69. The molecule has 1 aliphatic heterocycles. The summed E-state index contributed by atoms with van der Waals surface area (Å²) in [7, 11) is 0. The van der Waals surface area contributed by atoms with E-state index in [2.05, 4.69) is 0 Å². The fraction of sp³-hybridized carbons (Fsp3) is 0.857. The average Bonchev–Trinajstić information content (AvgIpc) is 2.30. The van der Waals surface area contributed by atoms with Crippen LogP contribution in [-0.4, -0.2) is 35.6 Å². The molecule has 0 radical (unpaired) electrons. The molecule has 0 aromatic rings. The molecule has 1 unspecified atom stereocenters. The molecule has 3 nitrogen and oxygen atoms in total. The van der Waals surface area contributed by atoms with Crippen molar-refractivity contribution in [3.05, 3.63) is 0 Å². The van der Waals surface area contributed by atoms with E-state index >= 15 is 0 Å². The Morgan fingerprint density at radius 2 is 2.50 bits per heavy atom. The number of hydrogen-bond donors (Lipinski definition) is 1. The van der Waals surface area contributed by atoms with Crippen molar-refractivity contribution in [2.75, 3.05) is 19.7 Å². The van der Waals surface area contributed by atoms with Crippen molar-refractivity contribution in [3.8, 4) is 0 Å². The third kappa shape index (κ3) is 1.29. The van der Waals surface area contributed by atoms with Gasteiger partial charge in [-0.05, 0) is 6.92 Å². The van der Waals surface area contributed by atoms with Crippen LogP contribution >= 0.6 is 0 Å². The van der Waals surface area contributed by atoms with Crippen LogP contribution in [0.4, 0.5) is 0 Å². The monoisotopic (exact) mass is 143 g/mol. The number of likely N-dealkylation sites (tertiary alicyclic amines) is 1. The predicted octanol–water partition coefficient (Wildman–Crippen LogP) is -0.153. The molecule has 1 saturated heterocycles. The third-order valence-corrected chi connectivity index (χ3v) is 1.93. The molecule has 0 spiro atoms. The summed E-state index contributed by atoms with van der Waals surface area (Å²) >= 11 is 0. The SMILES string of the molecule is CCN1CC(CO)CC1=O. The maximum atomic E-state index is 11.0. The summed E-state index contributed by atoms with van der Waals surface area (Å²) in [5, 5.41) is 8.72. The summed E-state index contributed by atoms with van der Waals surface area (Å²) in [6, 6.07) is 0. The number of aliphatic hydroxyl groups is 1. The zero-order valence-corrected chi connectivity index (χ0v) is 6.21. The Bertz CT molecular complexity index is 136. The zero-order chi connectivity index (χ0) is 7.56. The van der Waals surface area contributed by atoms with Crippen molar-refractivity contribution in [3.63, 3.8) is 0 Å². The van der Waals surface area contributed by atoms with E-state index < -0.39 is 0 Å². The number of amides is 1. The van der Waals surface area contributed by atoms with Crippen molar-refractivity contribution in [2.24, 2.45) is 5.92 Å². The minimum atomic E-state index is 0.141. The van der Waals surface area contributed by atoms with Crippen LogP contribution in [0, 0.1) is 5.92 Å². The van der Waals surface area contributed by atoms with Crippen molar-refractivity contribution < 1.29 is 9.90 Å². The number of aliphatic hydroxyl groups excluding tert-OH is 1. The molecule has 58 valence electrons. The van der Waals surface area contributed by atoms with Crippen molar-refractivity contribution >= 4 is 5.91 Å². The molecule has 0 saturated carbocycles. The number of carbonyl (C=O) groups excluding carboxylic acids is 1. The molecule has 0 aliphatic carbocycles. The van der Waals surface area contributed by atoms with E-state index in [9.17, 15) is 4.79 Å². The van der Waals surface area contributed by atoms with Crippen molar-refractivity contribution in [1.82, 2.24) is 4.90 Å². The quantitative estimate of drug-likeness (QED) is 0.584. The van der Waals surface area contributed by atoms with Crippen LogP contribution < -0.4 is 0 Å². The maximum Gasteiger partial charge on any atom is 0.223 e. The number of rotatable bonds is 2. The van der Waals surface area contributed by atoms with Gasteiger partial charge in [-0.1, -0.05) is 0 Å². The van der Waals surface area contributed by atoms with Gasteiger partial charge in [-0.2, -0.15) is 0 Å². The lowest BCUT2D eigenvalue weighted by Gasteiger charge is -2.11. The molecular weight excluding hydrogens is 130 g/mol. The largest absolute Gasteiger partial charge is 0.396 e. The molecule has 1 fully saturated rings. The second kappa shape index (κ2) is 3.01. The van der Waals surface area contributed by atoms with Crippen LogP contribution in [0.25, 0.3) is 0 Å². The molecule has 1 atom stereocenters. The standard InChI is InChI=1S/C7H13NO2/c1-2-8-4-6(5-9)3-7(8)10/h6,9H,2-5H2,1H3. The first kappa shape index (κ1) is 7.54. The zero-order valence-electron chi connectivity index (χ0n) is 6.21. The highest BCUT2D eigenvalue weighted by atomic mass is 16.3. The fourth-order valence-electron chi connectivity index (χ4n) is 1.28. The average molecular weight is 143 g/mol. The van der Waals surface area contributed by atoms with E-state index in [4.69, 9.17) is 5.11 Å². The molecule has 0 bridgehead atoms. The van der Waals surface area contributed by atoms with Crippen LogP contribution in [0.2, 0.25) is 0 Å². The summed E-state index contributed by atoms with van der Waals surface area (Å²) in [4.78, 5) is 12.8. The minimum absolute atomic E-state index is 0.141.